The number of fused-ring (bicyclic) bond motifs is 2. The Morgan fingerprint density at radius 3 is 2.46 bits per heavy atom. The number of carbonyl (C=O) groups is 3. The molecule has 3 rings (SSSR count). The molecule has 3 aliphatic rings. The Kier molecular flexibility index (Phi) is 4.33. The van der Waals surface area contributed by atoms with E-state index in [-0.39, 0.29) is 24.8 Å². The third-order valence-electron chi connectivity index (χ3n) is 4.26. The number of nitrogens with zero attached hydrogens (tertiary/aromatic N) is 2. The molecule has 134 valence electrons. The van der Waals surface area contributed by atoms with Gasteiger partial charge in [-0.1, -0.05) is 0 Å². The van der Waals surface area contributed by atoms with Gasteiger partial charge < -0.3 is 10.2 Å². The number of hydrazine groups is 1. The van der Waals surface area contributed by atoms with Crippen LogP contribution in [0.4, 0.5) is 4.79 Å². The van der Waals surface area contributed by atoms with Crippen LogP contribution >= 0.6 is 0 Å². The number of hydrogen-bond acceptors (Lipinski definition) is 7. The second-order valence-electron chi connectivity index (χ2n) is 5.84. The van der Waals surface area contributed by atoms with E-state index < -0.39 is 34.4 Å². The van der Waals surface area contributed by atoms with Gasteiger partial charge in [-0.3, -0.25) is 25.0 Å². The van der Waals surface area contributed by atoms with Crippen LogP contribution in [0.2, 0.25) is 0 Å². The SMILES string of the molecule is O=C(NNC(=O)[C@H]1CC[C@@H]2CN1C(=O)N2OS(=O)(=O)O)C1CNC1. The van der Waals surface area contributed by atoms with E-state index in [2.05, 4.69) is 20.5 Å². The van der Waals surface area contributed by atoms with Crippen molar-refractivity contribution in [2.45, 2.75) is 24.9 Å². The summed E-state index contributed by atoms with van der Waals surface area (Å²) in [4.78, 5) is 37.2. The quantitative estimate of drug-likeness (QED) is 0.312. The van der Waals surface area contributed by atoms with Gasteiger partial charge in [0, 0.05) is 19.6 Å². The van der Waals surface area contributed by atoms with Crippen molar-refractivity contribution in [3.63, 3.8) is 0 Å². The van der Waals surface area contributed by atoms with Crippen LogP contribution in [0, 0.1) is 5.92 Å². The first-order valence-electron chi connectivity index (χ1n) is 7.33. The van der Waals surface area contributed by atoms with Crippen LogP contribution in [-0.2, 0) is 24.3 Å². The van der Waals surface area contributed by atoms with Gasteiger partial charge in [-0.05, 0) is 12.8 Å². The second-order valence-corrected chi connectivity index (χ2v) is 6.85. The lowest BCUT2D eigenvalue weighted by Gasteiger charge is -2.30. The second kappa shape index (κ2) is 6.16. The number of hydroxylamine groups is 2. The fourth-order valence-corrected chi connectivity index (χ4v) is 3.28. The average Bonchev–Trinajstić information content (AvgIpc) is 2.67. The Hall–Kier alpha value is -1.96. The molecule has 4 N–H and O–H groups in total. The Labute approximate surface area is 137 Å². The Morgan fingerprint density at radius 2 is 1.88 bits per heavy atom. The molecule has 0 saturated carbocycles. The predicted octanol–water partition coefficient (Wildman–Crippen LogP) is -2.64. The molecule has 3 saturated heterocycles. The molecule has 3 fully saturated rings. The lowest BCUT2D eigenvalue weighted by Crippen LogP contribution is -2.58. The summed E-state index contributed by atoms with van der Waals surface area (Å²) in [5.74, 6) is -1.09. The van der Waals surface area contributed by atoms with Crippen molar-refractivity contribution >= 4 is 28.2 Å². The first-order valence-corrected chi connectivity index (χ1v) is 8.70. The highest BCUT2D eigenvalue weighted by Crippen LogP contribution is 2.30. The van der Waals surface area contributed by atoms with E-state index in [1.165, 1.54) is 0 Å². The maximum absolute atomic E-state index is 12.2. The zero-order chi connectivity index (χ0) is 17.5. The minimum absolute atomic E-state index is 0.0902. The van der Waals surface area contributed by atoms with Crippen LogP contribution in [0.25, 0.3) is 0 Å². The predicted molar refractivity (Wildman–Crippen MR) is 76.0 cm³/mol. The number of carbonyl (C=O) groups excluding carboxylic acids is 3. The topological polar surface area (TPSA) is 157 Å². The van der Waals surface area contributed by atoms with E-state index in [9.17, 15) is 22.8 Å². The van der Waals surface area contributed by atoms with Crippen LogP contribution in [0.3, 0.4) is 0 Å². The highest BCUT2D eigenvalue weighted by atomic mass is 32.3. The van der Waals surface area contributed by atoms with Crippen molar-refractivity contribution in [1.82, 2.24) is 26.1 Å². The van der Waals surface area contributed by atoms with Gasteiger partial charge >= 0.3 is 16.4 Å². The maximum Gasteiger partial charge on any atom is 0.418 e. The molecular weight excluding hydrogens is 346 g/mol. The number of rotatable bonds is 4. The van der Waals surface area contributed by atoms with E-state index in [4.69, 9.17) is 4.55 Å². The molecule has 0 unspecified atom stereocenters. The number of urea groups is 1. The van der Waals surface area contributed by atoms with Gasteiger partial charge in [-0.2, -0.15) is 13.5 Å². The first kappa shape index (κ1) is 16.9. The van der Waals surface area contributed by atoms with Gasteiger partial charge in [0.15, 0.2) is 0 Å². The van der Waals surface area contributed by atoms with Gasteiger partial charge in [-0.15, -0.1) is 4.28 Å². The van der Waals surface area contributed by atoms with E-state index in [0.717, 1.165) is 4.90 Å². The summed E-state index contributed by atoms with van der Waals surface area (Å²) in [6, 6.07) is -2.26. The molecule has 0 spiro atoms. The first-order chi connectivity index (χ1) is 11.3. The summed E-state index contributed by atoms with van der Waals surface area (Å²) < 4.78 is 34.6. The zero-order valence-electron chi connectivity index (χ0n) is 12.5. The summed E-state index contributed by atoms with van der Waals surface area (Å²) in [6.45, 7) is 1.17. The molecule has 0 radical (unpaired) electrons. The number of piperidine rings is 1. The molecule has 0 aromatic rings. The highest BCUT2D eigenvalue weighted by Gasteiger charge is 2.49. The molecule has 3 aliphatic heterocycles. The Bertz CT molecular complexity index is 664. The molecule has 3 heterocycles. The van der Waals surface area contributed by atoms with Gasteiger partial charge in [-0.25, -0.2) is 4.79 Å². The smallest absolute Gasteiger partial charge is 0.315 e. The lowest BCUT2D eigenvalue weighted by atomic mass is 10.0. The number of hydrogen-bond donors (Lipinski definition) is 4. The average molecular weight is 363 g/mol. The fourth-order valence-electron chi connectivity index (χ4n) is 2.89. The Balaban J connectivity index is 1.58. The van der Waals surface area contributed by atoms with Crippen molar-refractivity contribution in [2.75, 3.05) is 19.6 Å². The largest absolute Gasteiger partial charge is 0.418 e. The summed E-state index contributed by atoms with van der Waals surface area (Å²) in [5, 5.41) is 3.49. The molecule has 2 bridgehead atoms. The molecular formula is C11H17N5O7S. The normalized spacial score (nSPS) is 27.0. The van der Waals surface area contributed by atoms with Gasteiger partial charge in [0.25, 0.3) is 5.91 Å². The van der Waals surface area contributed by atoms with Crippen molar-refractivity contribution in [1.29, 1.82) is 0 Å². The van der Waals surface area contributed by atoms with Crippen LogP contribution in [0.5, 0.6) is 0 Å². The number of amides is 4. The number of nitrogens with one attached hydrogen (secondary N) is 3. The molecule has 0 aliphatic carbocycles. The summed E-state index contributed by atoms with van der Waals surface area (Å²) in [7, 11) is -4.83. The van der Waals surface area contributed by atoms with E-state index in [1.54, 1.807) is 0 Å². The van der Waals surface area contributed by atoms with Crippen LogP contribution in [0.15, 0.2) is 0 Å². The summed E-state index contributed by atoms with van der Waals surface area (Å²) in [6.07, 6.45) is 0.588. The van der Waals surface area contributed by atoms with E-state index in [0.29, 0.717) is 24.6 Å². The van der Waals surface area contributed by atoms with E-state index in [1.807, 2.05) is 0 Å². The monoisotopic (exact) mass is 363 g/mol. The van der Waals surface area contributed by atoms with Gasteiger partial charge in [0.1, 0.15) is 6.04 Å². The van der Waals surface area contributed by atoms with Gasteiger partial charge in [0.2, 0.25) is 5.91 Å². The molecule has 24 heavy (non-hydrogen) atoms. The third-order valence-corrected chi connectivity index (χ3v) is 4.61. The maximum atomic E-state index is 12.2. The standard InChI is InChI=1S/C11H17N5O7S/c17-9(6-3-12-4-6)13-14-10(18)8-2-1-7-5-15(8)11(19)16(7)23-24(20,21)22/h6-8,12H,1-5H2,(H,13,17)(H,14,18)(H,20,21,22)/t7-,8-/m1/s1. The molecule has 0 aromatic carbocycles. The molecule has 0 aromatic heterocycles. The fraction of sp³-hybridized carbons (Fsp3) is 0.727. The van der Waals surface area contributed by atoms with Crippen LogP contribution in [0.1, 0.15) is 12.8 Å². The Morgan fingerprint density at radius 1 is 1.21 bits per heavy atom. The van der Waals surface area contributed by atoms with Crippen molar-refractivity contribution in [2.24, 2.45) is 5.92 Å². The molecule has 2 atom stereocenters. The van der Waals surface area contributed by atoms with Crippen LogP contribution < -0.4 is 16.2 Å². The van der Waals surface area contributed by atoms with Gasteiger partial charge in [0.05, 0.1) is 12.0 Å². The van der Waals surface area contributed by atoms with Crippen molar-refractivity contribution in [3.8, 4) is 0 Å². The highest BCUT2D eigenvalue weighted by molar-refractivity contribution is 7.80. The minimum Gasteiger partial charge on any atom is -0.315 e. The molecule has 12 nitrogen and oxygen atoms in total. The minimum atomic E-state index is -4.83. The summed E-state index contributed by atoms with van der Waals surface area (Å²) in [5.41, 5.74) is 4.59. The van der Waals surface area contributed by atoms with E-state index >= 15 is 0 Å². The zero-order valence-corrected chi connectivity index (χ0v) is 13.3. The summed E-state index contributed by atoms with van der Waals surface area (Å²) >= 11 is 0. The molecule has 13 heteroatoms. The van der Waals surface area contributed by atoms with Crippen molar-refractivity contribution in [3.05, 3.63) is 0 Å². The third kappa shape index (κ3) is 3.28. The van der Waals surface area contributed by atoms with Crippen LogP contribution in [-0.4, -0.2) is 72.5 Å². The lowest BCUT2D eigenvalue weighted by molar-refractivity contribution is -0.134. The van der Waals surface area contributed by atoms with Crippen molar-refractivity contribution < 1.29 is 31.6 Å². The molecule has 4 amide bonds.